The van der Waals surface area contributed by atoms with E-state index in [0.29, 0.717) is 13.0 Å². The summed E-state index contributed by atoms with van der Waals surface area (Å²) in [4.78, 5) is 13.2. The van der Waals surface area contributed by atoms with E-state index in [9.17, 15) is 4.79 Å². The zero-order valence-electron chi connectivity index (χ0n) is 10.4. The molecule has 0 fully saturated rings. The number of methoxy groups -OCH3 is 1. The number of halogens is 1. The first-order valence-electron chi connectivity index (χ1n) is 5.49. The van der Waals surface area contributed by atoms with Gasteiger partial charge in [-0.3, -0.25) is 4.79 Å². The lowest BCUT2D eigenvalue weighted by atomic mass is 10.0. The summed E-state index contributed by atoms with van der Waals surface area (Å²) in [5.74, 6) is -0.271. The fourth-order valence-electron chi connectivity index (χ4n) is 1.62. The Morgan fingerprint density at radius 2 is 1.94 bits per heavy atom. The van der Waals surface area contributed by atoms with Crippen LogP contribution in [0.5, 0.6) is 0 Å². The third-order valence-electron chi connectivity index (χ3n) is 2.62. The summed E-state index contributed by atoms with van der Waals surface area (Å²) in [7, 11) is 5.55. The van der Waals surface area contributed by atoms with Gasteiger partial charge in [0.25, 0.3) is 0 Å². The lowest BCUT2D eigenvalue weighted by Crippen LogP contribution is -2.18. The number of carbonyl (C=O) groups is 1. The van der Waals surface area contributed by atoms with Crippen molar-refractivity contribution in [3.05, 3.63) is 29.8 Å². The summed E-state index contributed by atoms with van der Waals surface area (Å²) in [5.41, 5.74) is 2.22. The molecule has 0 radical (unpaired) electrons. The molecular weight excluding hydrogens is 238 g/mol. The van der Waals surface area contributed by atoms with E-state index in [4.69, 9.17) is 16.3 Å². The highest BCUT2D eigenvalue weighted by molar-refractivity contribution is 6.64. The lowest BCUT2D eigenvalue weighted by molar-refractivity contribution is -0.116. The zero-order chi connectivity index (χ0) is 12.8. The van der Waals surface area contributed by atoms with Crippen molar-refractivity contribution in [2.45, 2.75) is 6.42 Å². The van der Waals surface area contributed by atoms with Crippen LogP contribution < -0.4 is 4.90 Å². The number of carbonyl (C=O) groups excluding carboxylic acids is 1. The Hall–Kier alpha value is -1.06. The molecule has 0 heterocycles. The molecule has 0 aromatic heterocycles. The van der Waals surface area contributed by atoms with Crippen molar-refractivity contribution >= 4 is 22.5 Å². The Labute approximate surface area is 107 Å². The molecule has 0 saturated carbocycles. The first-order valence-corrected chi connectivity index (χ1v) is 5.87. The van der Waals surface area contributed by atoms with Gasteiger partial charge in [0.1, 0.15) is 0 Å². The summed E-state index contributed by atoms with van der Waals surface area (Å²) in [6.45, 7) is 0.359. The van der Waals surface area contributed by atoms with Gasteiger partial charge in [0.05, 0.1) is 12.5 Å². The minimum absolute atomic E-state index is 0.271. The molecular formula is C13H18ClNO2. The maximum Gasteiger partial charge on any atom is 0.227 e. The normalized spacial score (nSPS) is 12.2. The zero-order valence-corrected chi connectivity index (χ0v) is 11.2. The van der Waals surface area contributed by atoms with Crippen LogP contribution in [0.15, 0.2) is 24.3 Å². The van der Waals surface area contributed by atoms with Gasteiger partial charge in [-0.05, 0) is 35.7 Å². The van der Waals surface area contributed by atoms with Gasteiger partial charge in [-0.25, -0.2) is 0 Å². The predicted molar refractivity (Wildman–Crippen MR) is 70.7 cm³/mol. The van der Waals surface area contributed by atoms with Crippen LogP contribution >= 0.6 is 11.6 Å². The second kappa shape index (κ2) is 6.62. The Balaban J connectivity index is 2.70. The van der Waals surface area contributed by atoms with Crippen LogP contribution in [-0.2, 0) is 16.0 Å². The second-order valence-electron chi connectivity index (χ2n) is 4.22. The monoisotopic (exact) mass is 255 g/mol. The highest BCUT2D eigenvalue weighted by Gasteiger charge is 2.16. The molecule has 94 valence electrons. The van der Waals surface area contributed by atoms with E-state index in [1.807, 2.05) is 43.3 Å². The molecule has 0 aliphatic rings. The fourth-order valence-corrected chi connectivity index (χ4v) is 1.76. The van der Waals surface area contributed by atoms with E-state index in [0.717, 1.165) is 11.3 Å². The summed E-state index contributed by atoms with van der Waals surface area (Å²) in [6, 6.07) is 8.07. The summed E-state index contributed by atoms with van der Waals surface area (Å²) >= 11 is 5.53. The smallest absolute Gasteiger partial charge is 0.227 e. The SMILES string of the molecule is COCC(Cc1ccc(N(C)C)cc1)C(=O)Cl. The number of anilines is 1. The molecule has 0 bridgehead atoms. The van der Waals surface area contributed by atoms with Gasteiger partial charge in [0.2, 0.25) is 5.24 Å². The van der Waals surface area contributed by atoms with Gasteiger partial charge in [0, 0.05) is 26.9 Å². The van der Waals surface area contributed by atoms with Crippen molar-refractivity contribution in [2.24, 2.45) is 5.92 Å². The largest absolute Gasteiger partial charge is 0.384 e. The number of nitrogens with zero attached hydrogens (tertiary/aromatic N) is 1. The van der Waals surface area contributed by atoms with Crippen LogP contribution in [0.4, 0.5) is 5.69 Å². The molecule has 1 aromatic rings. The van der Waals surface area contributed by atoms with Crippen LogP contribution in [0.25, 0.3) is 0 Å². The Morgan fingerprint density at radius 1 is 1.35 bits per heavy atom. The molecule has 0 spiro atoms. The first kappa shape index (κ1) is 14.0. The van der Waals surface area contributed by atoms with Gasteiger partial charge >= 0.3 is 0 Å². The molecule has 0 N–H and O–H groups in total. The van der Waals surface area contributed by atoms with Crippen LogP contribution in [0.3, 0.4) is 0 Å². The van der Waals surface area contributed by atoms with Crippen molar-refractivity contribution in [1.82, 2.24) is 0 Å². The van der Waals surface area contributed by atoms with Crippen LogP contribution in [-0.4, -0.2) is 33.1 Å². The molecule has 0 saturated heterocycles. The second-order valence-corrected chi connectivity index (χ2v) is 4.59. The number of hydrogen-bond donors (Lipinski definition) is 0. The maximum atomic E-state index is 11.2. The first-order chi connectivity index (χ1) is 8.04. The van der Waals surface area contributed by atoms with Gasteiger partial charge in [-0.2, -0.15) is 0 Å². The van der Waals surface area contributed by atoms with Crippen molar-refractivity contribution < 1.29 is 9.53 Å². The third kappa shape index (κ3) is 4.36. The third-order valence-corrected chi connectivity index (χ3v) is 2.93. The molecule has 17 heavy (non-hydrogen) atoms. The lowest BCUT2D eigenvalue weighted by Gasteiger charge is -2.14. The molecule has 1 rings (SSSR count). The topological polar surface area (TPSA) is 29.5 Å². The maximum absolute atomic E-state index is 11.2. The van der Waals surface area contributed by atoms with Gasteiger partial charge < -0.3 is 9.64 Å². The molecule has 1 aromatic carbocycles. The highest BCUT2D eigenvalue weighted by atomic mass is 35.5. The number of benzene rings is 1. The van der Waals surface area contributed by atoms with E-state index in [2.05, 4.69) is 0 Å². The Kier molecular flexibility index (Phi) is 5.45. The highest BCUT2D eigenvalue weighted by Crippen LogP contribution is 2.16. The molecule has 4 heteroatoms. The molecule has 0 amide bonds. The summed E-state index contributed by atoms with van der Waals surface area (Å²) < 4.78 is 4.99. The summed E-state index contributed by atoms with van der Waals surface area (Å²) in [6.07, 6.45) is 0.615. The van der Waals surface area contributed by atoms with Crippen molar-refractivity contribution in [1.29, 1.82) is 0 Å². The standard InChI is InChI=1S/C13H18ClNO2/c1-15(2)12-6-4-10(5-7-12)8-11(9-17-3)13(14)16/h4-7,11H,8-9H2,1-3H3. The van der Waals surface area contributed by atoms with E-state index >= 15 is 0 Å². The number of hydrogen-bond acceptors (Lipinski definition) is 3. The molecule has 0 aliphatic carbocycles. The van der Waals surface area contributed by atoms with E-state index < -0.39 is 0 Å². The van der Waals surface area contributed by atoms with E-state index in [1.165, 1.54) is 0 Å². The molecule has 3 nitrogen and oxygen atoms in total. The van der Waals surface area contributed by atoms with Crippen molar-refractivity contribution in [3.8, 4) is 0 Å². The molecule has 0 aliphatic heterocycles. The van der Waals surface area contributed by atoms with E-state index in [1.54, 1.807) is 7.11 Å². The Morgan fingerprint density at radius 3 is 2.35 bits per heavy atom. The van der Waals surface area contributed by atoms with Crippen LogP contribution in [0, 0.1) is 5.92 Å². The summed E-state index contributed by atoms with van der Waals surface area (Å²) in [5, 5.41) is -0.344. The molecule has 1 unspecified atom stereocenters. The fraction of sp³-hybridized carbons (Fsp3) is 0.462. The minimum Gasteiger partial charge on any atom is -0.384 e. The van der Waals surface area contributed by atoms with Crippen LogP contribution in [0.2, 0.25) is 0 Å². The molecule has 1 atom stereocenters. The van der Waals surface area contributed by atoms with E-state index in [-0.39, 0.29) is 11.2 Å². The average Bonchev–Trinajstić information content (AvgIpc) is 2.29. The van der Waals surface area contributed by atoms with Gasteiger partial charge in [-0.15, -0.1) is 0 Å². The minimum atomic E-state index is -0.344. The van der Waals surface area contributed by atoms with Gasteiger partial charge in [-0.1, -0.05) is 12.1 Å². The predicted octanol–water partition coefficient (Wildman–Crippen LogP) is 2.32. The van der Waals surface area contributed by atoms with Crippen LogP contribution in [0.1, 0.15) is 5.56 Å². The quantitative estimate of drug-likeness (QED) is 0.731. The Bertz CT molecular complexity index is 362. The number of rotatable bonds is 6. The average molecular weight is 256 g/mol. The van der Waals surface area contributed by atoms with Crippen molar-refractivity contribution in [3.63, 3.8) is 0 Å². The van der Waals surface area contributed by atoms with Gasteiger partial charge in [0.15, 0.2) is 0 Å². The number of ether oxygens (including phenoxy) is 1. The van der Waals surface area contributed by atoms with Crippen molar-refractivity contribution in [2.75, 3.05) is 32.7 Å².